The van der Waals surface area contributed by atoms with Gasteiger partial charge in [0.25, 0.3) is 5.91 Å². The van der Waals surface area contributed by atoms with E-state index in [2.05, 4.69) is 25.8 Å². The van der Waals surface area contributed by atoms with Crippen molar-refractivity contribution >= 4 is 17.4 Å². The van der Waals surface area contributed by atoms with E-state index in [0.717, 1.165) is 5.69 Å². The van der Waals surface area contributed by atoms with Gasteiger partial charge in [-0.25, -0.2) is 0 Å². The number of methoxy groups -OCH3 is 2. The van der Waals surface area contributed by atoms with Crippen LogP contribution in [0, 0.1) is 0 Å². The average molecular weight is 365 g/mol. The molecule has 3 rings (SSSR count). The Morgan fingerprint density at radius 1 is 1.04 bits per heavy atom. The number of amides is 1. The smallest absolute Gasteiger partial charge is 0.272 e. The molecule has 0 aliphatic carbocycles. The van der Waals surface area contributed by atoms with Crippen molar-refractivity contribution in [2.24, 2.45) is 0 Å². The van der Waals surface area contributed by atoms with Gasteiger partial charge < -0.3 is 20.1 Å². The summed E-state index contributed by atoms with van der Waals surface area (Å²) >= 11 is 0. The van der Waals surface area contributed by atoms with Gasteiger partial charge in [0.05, 0.1) is 32.1 Å². The Labute approximate surface area is 156 Å². The van der Waals surface area contributed by atoms with Crippen LogP contribution in [0.2, 0.25) is 0 Å². The molecule has 0 radical (unpaired) electrons. The van der Waals surface area contributed by atoms with Crippen molar-refractivity contribution < 1.29 is 14.3 Å². The van der Waals surface area contributed by atoms with Gasteiger partial charge >= 0.3 is 0 Å². The Balaban J connectivity index is 1.66. The summed E-state index contributed by atoms with van der Waals surface area (Å²) in [5, 5.41) is 13.9. The molecule has 8 nitrogen and oxygen atoms in total. The lowest BCUT2D eigenvalue weighted by atomic mass is 10.2. The van der Waals surface area contributed by atoms with Crippen molar-refractivity contribution in [2.75, 3.05) is 19.5 Å². The van der Waals surface area contributed by atoms with Gasteiger partial charge in [-0.1, -0.05) is 6.07 Å². The first-order chi connectivity index (χ1) is 13.2. The molecule has 0 atom stereocenters. The van der Waals surface area contributed by atoms with Crippen LogP contribution in [0.5, 0.6) is 11.5 Å². The molecular formula is C19H19N5O3. The highest BCUT2D eigenvalue weighted by molar-refractivity contribution is 5.92. The van der Waals surface area contributed by atoms with Crippen LogP contribution in [0.25, 0.3) is 0 Å². The first kappa shape index (κ1) is 18.1. The summed E-state index contributed by atoms with van der Waals surface area (Å²) in [6, 6.07) is 14.1. The van der Waals surface area contributed by atoms with Crippen LogP contribution in [-0.2, 0) is 6.54 Å². The van der Waals surface area contributed by atoms with Crippen molar-refractivity contribution in [3.63, 3.8) is 0 Å². The van der Waals surface area contributed by atoms with Crippen LogP contribution in [0.4, 0.5) is 11.5 Å². The summed E-state index contributed by atoms with van der Waals surface area (Å²) < 4.78 is 10.5. The van der Waals surface area contributed by atoms with Gasteiger partial charge in [-0.15, -0.1) is 10.2 Å². The van der Waals surface area contributed by atoms with Gasteiger partial charge in [-0.05, 0) is 36.4 Å². The third-order valence-electron chi connectivity index (χ3n) is 3.72. The number of rotatable bonds is 7. The minimum Gasteiger partial charge on any atom is -0.497 e. The summed E-state index contributed by atoms with van der Waals surface area (Å²) in [4.78, 5) is 16.3. The molecule has 0 aliphatic heterocycles. The lowest BCUT2D eigenvalue weighted by Gasteiger charge is -2.12. The van der Waals surface area contributed by atoms with Crippen LogP contribution in [0.15, 0.2) is 54.7 Å². The average Bonchev–Trinajstić information content (AvgIpc) is 2.73. The van der Waals surface area contributed by atoms with E-state index in [-0.39, 0.29) is 11.6 Å². The van der Waals surface area contributed by atoms with Gasteiger partial charge in [0.15, 0.2) is 11.5 Å². The summed E-state index contributed by atoms with van der Waals surface area (Å²) in [6.07, 6.45) is 1.68. The Hall–Kier alpha value is -3.68. The molecule has 0 fully saturated rings. The van der Waals surface area contributed by atoms with E-state index in [1.807, 2.05) is 18.2 Å². The number of pyridine rings is 1. The first-order valence-electron chi connectivity index (χ1n) is 8.20. The van der Waals surface area contributed by atoms with Crippen LogP contribution in [0.3, 0.4) is 0 Å². The predicted molar refractivity (Wildman–Crippen MR) is 100 cm³/mol. The number of carbonyl (C=O) groups is 1. The van der Waals surface area contributed by atoms with Crippen molar-refractivity contribution in [1.29, 1.82) is 0 Å². The molecule has 3 aromatic rings. The number of hydrogen-bond acceptors (Lipinski definition) is 7. The van der Waals surface area contributed by atoms with E-state index in [9.17, 15) is 4.79 Å². The van der Waals surface area contributed by atoms with Crippen LogP contribution in [0.1, 0.15) is 16.2 Å². The third-order valence-corrected chi connectivity index (χ3v) is 3.72. The monoisotopic (exact) mass is 365 g/mol. The number of hydrogen-bond donors (Lipinski definition) is 2. The number of benzene rings is 1. The quantitative estimate of drug-likeness (QED) is 0.664. The zero-order valence-corrected chi connectivity index (χ0v) is 15.0. The predicted octanol–water partition coefficient (Wildman–Crippen LogP) is 2.56. The molecule has 2 N–H and O–H groups in total. The molecule has 27 heavy (non-hydrogen) atoms. The Morgan fingerprint density at radius 3 is 2.59 bits per heavy atom. The van der Waals surface area contributed by atoms with E-state index in [4.69, 9.17) is 9.47 Å². The summed E-state index contributed by atoms with van der Waals surface area (Å²) in [7, 11) is 3.16. The normalized spacial score (nSPS) is 10.1. The molecule has 0 saturated heterocycles. The van der Waals surface area contributed by atoms with E-state index in [0.29, 0.717) is 29.5 Å². The maximum Gasteiger partial charge on any atom is 0.272 e. The number of nitrogens with one attached hydrogen (secondary N) is 2. The second-order valence-corrected chi connectivity index (χ2v) is 5.50. The number of nitrogens with zero attached hydrogens (tertiary/aromatic N) is 3. The second kappa shape index (κ2) is 8.61. The van der Waals surface area contributed by atoms with Crippen molar-refractivity contribution in [2.45, 2.75) is 6.54 Å². The maximum absolute atomic E-state index is 12.2. The molecule has 0 spiro atoms. The van der Waals surface area contributed by atoms with Gasteiger partial charge in [0, 0.05) is 12.3 Å². The van der Waals surface area contributed by atoms with E-state index >= 15 is 0 Å². The van der Waals surface area contributed by atoms with Gasteiger partial charge in [0.2, 0.25) is 0 Å². The molecule has 0 unspecified atom stereocenters. The fourth-order valence-corrected chi connectivity index (χ4v) is 2.33. The molecule has 8 heteroatoms. The molecule has 2 heterocycles. The molecular weight excluding hydrogens is 346 g/mol. The topological polar surface area (TPSA) is 98.3 Å². The van der Waals surface area contributed by atoms with E-state index in [1.54, 1.807) is 50.7 Å². The van der Waals surface area contributed by atoms with E-state index < -0.39 is 0 Å². The van der Waals surface area contributed by atoms with E-state index in [1.165, 1.54) is 0 Å². The van der Waals surface area contributed by atoms with Gasteiger partial charge in [-0.2, -0.15) is 0 Å². The molecule has 0 bridgehead atoms. The number of anilines is 2. The number of aromatic nitrogens is 3. The Morgan fingerprint density at radius 2 is 1.93 bits per heavy atom. The number of carbonyl (C=O) groups excluding carboxylic acids is 1. The van der Waals surface area contributed by atoms with Crippen molar-refractivity contribution in [3.8, 4) is 11.5 Å². The van der Waals surface area contributed by atoms with Gasteiger partial charge in [-0.3, -0.25) is 9.78 Å². The third kappa shape index (κ3) is 4.69. The van der Waals surface area contributed by atoms with Gasteiger partial charge in [0.1, 0.15) is 11.5 Å². The minimum atomic E-state index is -0.321. The van der Waals surface area contributed by atoms with Crippen molar-refractivity contribution in [3.05, 3.63) is 66.1 Å². The summed E-state index contributed by atoms with van der Waals surface area (Å²) in [5.74, 6) is 1.47. The fraction of sp³-hybridized carbons (Fsp3) is 0.158. The van der Waals surface area contributed by atoms with Crippen LogP contribution in [-0.4, -0.2) is 35.3 Å². The van der Waals surface area contributed by atoms with Crippen LogP contribution < -0.4 is 20.1 Å². The van der Waals surface area contributed by atoms with Crippen molar-refractivity contribution in [1.82, 2.24) is 20.5 Å². The second-order valence-electron chi connectivity index (χ2n) is 5.50. The highest BCUT2D eigenvalue weighted by Gasteiger charge is 2.10. The fourth-order valence-electron chi connectivity index (χ4n) is 2.33. The highest BCUT2D eigenvalue weighted by Crippen LogP contribution is 2.30. The SMILES string of the molecule is COc1ccc(OC)c(Nc2ccc(C(=O)NCc3ccccn3)nn2)c1. The Kier molecular flexibility index (Phi) is 5.78. The zero-order chi connectivity index (χ0) is 19.1. The standard InChI is InChI=1S/C19H19N5O3/c1-26-14-6-8-17(27-2)16(11-14)22-18-9-7-15(23-24-18)19(25)21-12-13-5-3-4-10-20-13/h3-11H,12H2,1-2H3,(H,21,25)(H,22,24). The van der Waals surface area contributed by atoms with Crippen LogP contribution >= 0.6 is 0 Å². The zero-order valence-electron chi connectivity index (χ0n) is 15.0. The first-order valence-corrected chi connectivity index (χ1v) is 8.20. The lowest BCUT2D eigenvalue weighted by molar-refractivity contribution is 0.0944. The molecule has 1 aromatic carbocycles. The lowest BCUT2D eigenvalue weighted by Crippen LogP contribution is -2.24. The largest absolute Gasteiger partial charge is 0.497 e. The maximum atomic E-state index is 12.2. The highest BCUT2D eigenvalue weighted by atomic mass is 16.5. The summed E-state index contributed by atoms with van der Waals surface area (Å²) in [5.41, 5.74) is 1.66. The molecule has 1 amide bonds. The molecule has 2 aromatic heterocycles. The summed E-state index contributed by atoms with van der Waals surface area (Å²) in [6.45, 7) is 0.322. The molecule has 0 aliphatic rings. The number of ether oxygens (including phenoxy) is 2. The Bertz CT molecular complexity index is 901. The minimum absolute atomic E-state index is 0.217. The molecule has 138 valence electrons. The molecule has 0 saturated carbocycles.